The predicted octanol–water partition coefficient (Wildman–Crippen LogP) is 5.17. The van der Waals surface area contributed by atoms with E-state index in [1.54, 1.807) is 24.3 Å². The highest BCUT2D eigenvalue weighted by Crippen LogP contribution is 2.40. The van der Waals surface area contributed by atoms with Crippen molar-refractivity contribution in [3.05, 3.63) is 95.1 Å². The highest BCUT2D eigenvalue weighted by molar-refractivity contribution is 5.82. The van der Waals surface area contributed by atoms with Crippen LogP contribution in [-0.2, 0) is 23.9 Å². The Morgan fingerprint density at radius 1 is 0.917 bits per heavy atom. The van der Waals surface area contributed by atoms with E-state index in [-0.39, 0.29) is 36.5 Å². The minimum Gasteiger partial charge on any atom is -0.368 e. The average Bonchev–Trinajstić information content (AvgIpc) is 2.87. The van der Waals surface area contributed by atoms with Gasteiger partial charge in [0, 0.05) is 37.6 Å². The number of hydrogen-bond donors (Lipinski definition) is 1. The number of hydrogen-bond acceptors (Lipinski definition) is 3. The van der Waals surface area contributed by atoms with E-state index in [0.717, 1.165) is 17.8 Å². The van der Waals surface area contributed by atoms with E-state index in [4.69, 9.17) is 0 Å². The maximum Gasteiger partial charge on any atom is 0.416 e. The quantitative estimate of drug-likeness (QED) is 0.502. The van der Waals surface area contributed by atoms with Crippen LogP contribution in [0.15, 0.2) is 66.7 Å². The number of rotatable bonds is 4. The summed E-state index contributed by atoms with van der Waals surface area (Å²) in [6.07, 6.45) is -4.32. The molecule has 0 aromatic heterocycles. The van der Waals surface area contributed by atoms with Gasteiger partial charge >= 0.3 is 6.18 Å². The largest absolute Gasteiger partial charge is 0.416 e. The third kappa shape index (κ3) is 4.87. The van der Waals surface area contributed by atoms with Gasteiger partial charge in [0.2, 0.25) is 5.91 Å². The summed E-state index contributed by atoms with van der Waals surface area (Å²) in [7, 11) is 0. The molecule has 2 heterocycles. The summed E-state index contributed by atoms with van der Waals surface area (Å²) in [5.41, 5.74) is 1.98. The van der Waals surface area contributed by atoms with E-state index < -0.39 is 17.7 Å². The topological polar surface area (TPSA) is 35.6 Å². The second kappa shape index (κ2) is 9.44. The number of carbonyl (C=O) groups is 1. The SMILES string of the molecule is O=C(NCc1ccc(F)cc1)C1Cc2cc(C(F)(F)F)ccc2N2CCN(c3ccc(F)cc3)CC12. The summed E-state index contributed by atoms with van der Waals surface area (Å²) in [6, 6.07) is 15.3. The van der Waals surface area contributed by atoms with Crippen molar-refractivity contribution < 1.29 is 26.7 Å². The van der Waals surface area contributed by atoms with Gasteiger partial charge in [-0.05, 0) is 72.1 Å². The molecule has 36 heavy (non-hydrogen) atoms. The van der Waals surface area contributed by atoms with Crippen LogP contribution >= 0.6 is 0 Å². The lowest BCUT2D eigenvalue weighted by Crippen LogP contribution is -2.61. The van der Waals surface area contributed by atoms with E-state index in [1.165, 1.54) is 30.3 Å². The maximum absolute atomic E-state index is 13.4. The summed E-state index contributed by atoms with van der Waals surface area (Å²) in [4.78, 5) is 17.5. The lowest BCUT2D eigenvalue weighted by atomic mass is 9.82. The predicted molar refractivity (Wildman–Crippen MR) is 127 cm³/mol. The average molecular weight is 501 g/mol. The minimum atomic E-state index is -4.48. The van der Waals surface area contributed by atoms with Gasteiger partial charge in [0.15, 0.2) is 0 Å². The highest BCUT2D eigenvalue weighted by Gasteiger charge is 2.42. The van der Waals surface area contributed by atoms with Gasteiger partial charge in [-0.15, -0.1) is 0 Å². The van der Waals surface area contributed by atoms with Gasteiger partial charge in [-0.2, -0.15) is 13.2 Å². The van der Waals surface area contributed by atoms with Gasteiger partial charge in [0.25, 0.3) is 0 Å². The third-order valence-electron chi connectivity index (χ3n) is 6.95. The zero-order valence-corrected chi connectivity index (χ0v) is 19.2. The highest BCUT2D eigenvalue weighted by atomic mass is 19.4. The van der Waals surface area contributed by atoms with Crippen LogP contribution in [0.1, 0.15) is 16.7 Å². The van der Waals surface area contributed by atoms with Crippen molar-refractivity contribution in [1.82, 2.24) is 5.32 Å². The molecule has 2 aliphatic rings. The Morgan fingerprint density at radius 2 is 1.58 bits per heavy atom. The standard InChI is InChI=1S/C27H24F5N3O/c28-20-4-1-17(2-5-20)15-33-26(36)23-14-18-13-19(27(30,31)32)3-10-24(18)35-12-11-34(16-25(23)35)22-8-6-21(29)7-9-22/h1-10,13,23,25H,11-12,14-16H2,(H,33,36). The van der Waals surface area contributed by atoms with Crippen LogP contribution in [0, 0.1) is 17.6 Å². The number of halogens is 5. The van der Waals surface area contributed by atoms with Crippen LogP contribution in [0.2, 0.25) is 0 Å². The van der Waals surface area contributed by atoms with Crippen LogP contribution < -0.4 is 15.1 Å². The zero-order chi connectivity index (χ0) is 25.4. The number of amides is 1. The van der Waals surface area contributed by atoms with Gasteiger partial charge in [0.1, 0.15) is 11.6 Å². The Labute approximate surface area is 205 Å². The monoisotopic (exact) mass is 501 g/mol. The Hall–Kier alpha value is -3.62. The molecule has 3 aromatic carbocycles. The molecule has 1 saturated heterocycles. The zero-order valence-electron chi connectivity index (χ0n) is 19.2. The molecule has 188 valence electrons. The fourth-order valence-electron chi connectivity index (χ4n) is 5.11. The number of nitrogens with one attached hydrogen (secondary N) is 1. The van der Waals surface area contributed by atoms with Crippen molar-refractivity contribution in [2.24, 2.45) is 5.92 Å². The van der Waals surface area contributed by atoms with E-state index in [9.17, 15) is 26.7 Å². The lowest BCUT2D eigenvalue weighted by molar-refractivity contribution is -0.137. The molecule has 2 atom stereocenters. The van der Waals surface area contributed by atoms with Crippen molar-refractivity contribution >= 4 is 17.3 Å². The molecule has 1 fully saturated rings. The van der Waals surface area contributed by atoms with Crippen LogP contribution in [-0.4, -0.2) is 31.6 Å². The summed E-state index contributed by atoms with van der Waals surface area (Å²) in [5, 5.41) is 2.88. The van der Waals surface area contributed by atoms with Crippen molar-refractivity contribution in [3.63, 3.8) is 0 Å². The molecule has 2 aliphatic heterocycles. The molecule has 2 unspecified atom stereocenters. The molecule has 9 heteroatoms. The van der Waals surface area contributed by atoms with Crippen molar-refractivity contribution in [3.8, 4) is 0 Å². The van der Waals surface area contributed by atoms with Gasteiger partial charge < -0.3 is 15.1 Å². The van der Waals surface area contributed by atoms with Crippen LogP contribution in [0.3, 0.4) is 0 Å². The fraction of sp³-hybridized carbons (Fsp3) is 0.296. The van der Waals surface area contributed by atoms with E-state index >= 15 is 0 Å². The Morgan fingerprint density at radius 3 is 2.25 bits per heavy atom. The van der Waals surface area contributed by atoms with Gasteiger partial charge in [-0.1, -0.05) is 12.1 Å². The van der Waals surface area contributed by atoms with Crippen LogP contribution in [0.5, 0.6) is 0 Å². The molecule has 0 saturated carbocycles. The van der Waals surface area contributed by atoms with Crippen molar-refractivity contribution in [2.45, 2.75) is 25.2 Å². The second-order valence-corrected chi connectivity index (χ2v) is 9.18. The smallest absolute Gasteiger partial charge is 0.368 e. The summed E-state index contributed by atoms with van der Waals surface area (Å²) in [5.74, 6) is -1.61. The van der Waals surface area contributed by atoms with E-state index in [2.05, 4.69) is 10.2 Å². The first-order chi connectivity index (χ1) is 17.2. The lowest BCUT2D eigenvalue weighted by Gasteiger charge is -2.49. The first-order valence-electron chi connectivity index (χ1n) is 11.7. The Bertz CT molecular complexity index is 1240. The Kier molecular flexibility index (Phi) is 6.32. The first kappa shape index (κ1) is 24.1. The number of benzene rings is 3. The Balaban J connectivity index is 1.43. The third-order valence-corrected chi connectivity index (χ3v) is 6.95. The molecule has 1 N–H and O–H groups in total. The molecule has 4 nitrogen and oxygen atoms in total. The number of anilines is 2. The van der Waals surface area contributed by atoms with E-state index in [0.29, 0.717) is 36.4 Å². The molecular weight excluding hydrogens is 477 g/mol. The van der Waals surface area contributed by atoms with Crippen molar-refractivity contribution in [1.29, 1.82) is 0 Å². The van der Waals surface area contributed by atoms with E-state index in [1.807, 2.05) is 4.90 Å². The number of nitrogens with zero attached hydrogens (tertiary/aromatic N) is 2. The maximum atomic E-state index is 13.4. The molecule has 0 radical (unpaired) electrons. The molecular formula is C27H24F5N3O. The molecule has 1 amide bonds. The summed E-state index contributed by atoms with van der Waals surface area (Å²) < 4.78 is 66.9. The number of fused-ring (bicyclic) bond motifs is 3. The van der Waals surface area contributed by atoms with Gasteiger partial charge in [0.05, 0.1) is 17.5 Å². The normalized spacial score (nSPS) is 19.5. The van der Waals surface area contributed by atoms with Crippen molar-refractivity contribution in [2.75, 3.05) is 29.4 Å². The molecule has 0 spiro atoms. The first-order valence-corrected chi connectivity index (χ1v) is 11.7. The van der Waals surface area contributed by atoms with Gasteiger partial charge in [-0.3, -0.25) is 4.79 Å². The number of carbonyl (C=O) groups excluding carboxylic acids is 1. The minimum absolute atomic E-state index is 0.160. The molecule has 0 bridgehead atoms. The number of alkyl halides is 3. The van der Waals surface area contributed by atoms with Crippen LogP contribution in [0.25, 0.3) is 0 Å². The number of piperazine rings is 1. The molecule has 3 aromatic rings. The molecule has 5 rings (SSSR count). The fourth-order valence-corrected chi connectivity index (χ4v) is 5.11. The summed E-state index contributed by atoms with van der Waals surface area (Å²) >= 11 is 0. The molecule has 0 aliphatic carbocycles. The summed E-state index contributed by atoms with van der Waals surface area (Å²) in [6.45, 7) is 1.72. The van der Waals surface area contributed by atoms with Crippen LogP contribution in [0.4, 0.5) is 33.3 Å². The second-order valence-electron chi connectivity index (χ2n) is 9.18. The van der Waals surface area contributed by atoms with Gasteiger partial charge in [-0.25, -0.2) is 8.78 Å².